The first kappa shape index (κ1) is 20.3. The summed E-state index contributed by atoms with van der Waals surface area (Å²) in [7, 11) is 1.64. The molecule has 10 heteroatoms. The largest absolute Gasteiger partial charge is 0.495 e. The van der Waals surface area contributed by atoms with Crippen molar-refractivity contribution in [1.29, 1.82) is 0 Å². The molecule has 4 rings (SSSR count). The summed E-state index contributed by atoms with van der Waals surface area (Å²) in [6.07, 6.45) is 0. The second-order valence-corrected chi connectivity index (χ2v) is 7.16. The number of piperazine rings is 1. The predicted octanol–water partition coefficient (Wildman–Crippen LogP) is 2.45. The molecule has 2 heterocycles. The summed E-state index contributed by atoms with van der Waals surface area (Å²) in [5.74, 6) is 0.604. The number of aromatic nitrogens is 3. The second kappa shape index (κ2) is 8.42. The topological polar surface area (TPSA) is 107 Å². The van der Waals surface area contributed by atoms with Crippen LogP contribution in [0.5, 0.6) is 5.75 Å². The summed E-state index contributed by atoms with van der Waals surface area (Å²) in [5, 5.41) is 19.2. The fourth-order valence-electron chi connectivity index (χ4n) is 3.70. The van der Waals surface area contributed by atoms with E-state index in [9.17, 15) is 14.9 Å². The van der Waals surface area contributed by atoms with Crippen LogP contribution in [0.3, 0.4) is 0 Å². The van der Waals surface area contributed by atoms with Gasteiger partial charge in [0, 0.05) is 38.3 Å². The van der Waals surface area contributed by atoms with Crippen molar-refractivity contribution < 1.29 is 14.5 Å². The van der Waals surface area contributed by atoms with Gasteiger partial charge in [-0.15, -0.1) is 5.10 Å². The Morgan fingerprint density at radius 3 is 2.55 bits per heavy atom. The Morgan fingerprint density at radius 1 is 1.10 bits per heavy atom. The first-order chi connectivity index (χ1) is 15.0. The van der Waals surface area contributed by atoms with Crippen LogP contribution in [-0.4, -0.2) is 64.0 Å². The van der Waals surface area contributed by atoms with Crippen LogP contribution in [0.25, 0.3) is 5.69 Å². The number of nitrogens with zero attached hydrogens (tertiary/aromatic N) is 6. The Hall–Kier alpha value is -3.95. The molecule has 1 saturated heterocycles. The third kappa shape index (κ3) is 3.91. The van der Waals surface area contributed by atoms with Crippen LogP contribution in [0, 0.1) is 17.0 Å². The van der Waals surface area contributed by atoms with Gasteiger partial charge in [0.1, 0.15) is 5.75 Å². The van der Waals surface area contributed by atoms with E-state index in [4.69, 9.17) is 4.74 Å². The minimum absolute atomic E-state index is 0.0484. The van der Waals surface area contributed by atoms with Gasteiger partial charge in [-0.1, -0.05) is 23.4 Å². The maximum absolute atomic E-state index is 13.1. The number of amides is 1. The van der Waals surface area contributed by atoms with Crippen LogP contribution < -0.4 is 9.64 Å². The molecule has 2 aromatic carbocycles. The molecule has 1 aliphatic rings. The van der Waals surface area contributed by atoms with Gasteiger partial charge in [-0.3, -0.25) is 14.9 Å². The molecule has 1 amide bonds. The van der Waals surface area contributed by atoms with Gasteiger partial charge in [0.2, 0.25) is 0 Å². The van der Waals surface area contributed by atoms with Crippen molar-refractivity contribution in [1.82, 2.24) is 19.9 Å². The van der Waals surface area contributed by atoms with E-state index in [2.05, 4.69) is 15.2 Å². The van der Waals surface area contributed by atoms with Gasteiger partial charge in [-0.2, -0.15) is 0 Å². The first-order valence-electron chi connectivity index (χ1n) is 9.84. The molecular weight excluding hydrogens is 400 g/mol. The number of non-ortho nitro benzene ring substituents is 1. The highest BCUT2D eigenvalue weighted by atomic mass is 16.6. The zero-order valence-corrected chi connectivity index (χ0v) is 17.3. The minimum Gasteiger partial charge on any atom is -0.495 e. The smallest absolute Gasteiger partial charge is 0.276 e. The van der Waals surface area contributed by atoms with E-state index in [-0.39, 0.29) is 17.3 Å². The summed E-state index contributed by atoms with van der Waals surface area (Å²) in [5.41, 5.74) is 2.23. The number of methoxy groups -OCH3 is 1. The lowest BCUT2D eigenvalue weighted by Gasteiger charge is -2.36. The number of carbonyl (C=O) groups is 1. The number of ether oxygens (including phenoxy) is 1. The van der Waals surface area contributed by atoms with Crippen molar-refractivity contribution in [2.45, 2.75) is 6.92 Å². The number of para-hydroxylation sites is 2. The molecule has 0 spiro atoms. The van der Waals surface area contributed by atoms with E-state index in [1.807, 2.05) is 24.3 Å². The number of nitro benzene ring substituents is 1. The highest BCUT2D eigenvalue weighted by Gasteiger charge is 2.27. The quantitative estimate of drug-likeness (QED) is 0.459. The third-order valence-electron chi connectivity index (χ3n) is 5.38. The van der Waals surface area contributed by atoms with Crippen LogP contribution in [0.4, 0.5) is 11.4 Å². The molecule has 0 unspecified atom stereocenters. The Kier molecular flexibility index (Phi) is 5.52. The molecule has 0 aliphatic carbocycles. The molecule has 1 aliphatic heterocycles. The molecule has 3 aromatic rings. The Bertz CT molecular complexity index is 1120. The third-order valence-corrected chi connectivity index (χ3v) is 5.38. The molecule has 10 nitrogen and oxygen atoms in total. The average Bonchev–Trinajstić information content (AvgIpc) is 3.20. The van der Waals surface area contributed by atoms with Crippen molar-refractivity contribution in [3.63, 3.8) is 0 Å². The number of hydrogen-bond donors (Lipinski definition) is 0. The average molecular weight is 422 g/mol. The summed E-state index contributed by atoms with van der Waals surface area (Å²) in [4.78, 5) is 27.6. The number of anilines is 1. The maximum Gasteiger partial charge on any atom is 0.276 e. The van der Waals surface area contributed by atoms with Crippen molar-refractivity contribution >= 4 is 17.3 Å². The van der Waals surface area contributed by atoms with Crippen molar-refractivity contribution in [2.75, 3.05) is 38.2 Å². The zero-order chi connectivity index (χ0) is 22.0. The van der Waals surface area contributed by atoms with E-state index >= 15 is 0 Å². The van der Waals surface area contributed by atoms with Crippen LogP contribution in [0.1, 0.15) is 16.2 Å². The molecule has 0 N–H and O–H groups in total. The lowest BCUT2D eigenvalue weighted by atomic mass is 10.2. The van der Waals surface area contributed by atoms with Gasteiger partial charge >= 0.3 is 0 Å². The van der Waals surface area contributed by atoms with Gasteiger partial charge in [0.15, 0.2) is 5.69 Å². The van der Waals surface area contributed by atoms with Gasteiger partial charge in [-0.25, -0.2) is 4.68 Å². The normalized spacial score (nSPS) is 13.9. The molecule has 0 atom stereocenters. The summed E-state index contributed by atoms with van der Waals surface area (Å²) in [6, 6.07) is 13.9. The standard InChI is InChI=1S/C21H22N6O4/c1-15-20(22-23-26(15)16-6-5-7-17(14-16)27(29)30)21(28)25-12-10-24(11-13-25)18-8-3-4-9-19(18)31-2/h3-9,14H,10-13H2,1-2H3. The zero-order valence-electron chi connectivity index (χ0n) is 17.3. The number of hydrogen-bond acceptors (Lipinski definition) is 7. The van der Waals surface area contributed by atoms with Crippen molar-refractivity contribution in [2.24, 2.45) is 0 Å². The van der Waals surface area contributed by atoms with Gasteiger partial charge in [-0.05, 0) is 25.1 Å². The van der Waals surface area contributed by atoms with E-state index in [0.717, 1.165) is 11.4 Å². The predicted molar refractivity (Wildman–Crippen MR) is 114 cm³/mol. The number of rotatable bonds is 5. The van der Waals surface area contributed by atoms with Crippen LogP contribution in [-0.2, 0) is 0 Å². The van der Waals surface area contributed by atoms with Crippen molar-refractivity contribution in [3.8, 4) is 11.4 Å². The van der Waals surface area contributed by atoms with Crippen molar-refractivity contribution in [3.05, 3.63) is 70.0 Å². The molecule has 0 bridgehead atoms. The summed E-state index contributed by atoms with van der Waals surface area (Å²) >= 11 is 0. The van der Waals surface area contributed by atoms with Gasteiger partial charge in [0.25, 0.3) is 11.6 Å². The molecule has 1 aromatic heterocycles. The van der Waals surface area contributed by atoms with Crippen LogP contribution >= 0.6 is 0 Å². The second-order valence-electron chi connectivity index (χ2n) is 7.16. The summed E-state index contributed by atoms with van der Waals surface area (Å²) < 4.78 is 6.89. The molecule has 0 radical (unpaired) electrons. The molecule has 31 heavy (non-hydrogen) atoms. The lowest BCUT2D eigenvalue weighted by Crippen LogP contribution is -2.49. The Labute approximate surface area is 178 Å². The molecule has 0 saturated carbocycles. The fraction of sp³-hybridized carbons (Fsp3) is 0.286. The SMILES string of the molecule is COc1ccccc1N1CCN(C(=O)c2nnn(-c3cccc([N+](=O)[O-])c3)c2C)CC1. The van der Waals surface area contributed by atoms with Gasteiger partial charge < -0.3 is 14.5 Å². The highest BCUT2D eigenvalue weighted by molar-refractivity contribution is 5.93. The number of nitro groups is 1. The lowest BCUT2D eigenvalue weighted by molar-refractivity contribution is -0.384. The fourth-order valence-corrected chi connectivity index (χ4v) is 3.70. The van der Waals surface area contributed by atoms with Crippen LogP contribution in [0.15, 0.2) is 48.5 Å². The number of benzene rings is 2. The monoisotopic (exact) mass is 422 g/mol. The van der Waals surface area contributed by atoms with E-state index < -0.39 is 4.92 Å². The van der Waals surface area contributed by atoms with E-state index in [0.29, 0.717) is 37.6 Å². The Morgan fingerprint density at radius 2 is 1.84 bits per heavy atom. The highest BCUT2D eigenvalue weighted by Crippen LogP contribution is 2.28. The van der Waals surface area contributed by atoms with Crippen LogP contribution in [0.2, 0.25) is 0 Å². The van der Waals surface area contributed by atoms with E-state index in [1.54, 1.807) is 31.1 Å². The first-order valence-corrected chi connectivity index (χ1v) is 9.84. The van der Waals surface area contributed by atoms with E-state index in [1.165, 1.54) is 16.8 Å². The molecular formula is C21H22N6O4. The molecule has 160 valence electrons. The number of carbonyl (C=O) groups excluding carboxylic acids is 1. The Balaban J connectivity index is 1.49. The molecule has 1 fully saturated rings. The maximum atomic E-state index is 13.1. The summed E-state index contributed by atoms with van der Waals surface area (Å²) in [6.45, 7) is 4.16. The van der Waals surface area contributed by atoms with Gasteiger partial charge in [0.05, 0.1) is 29.1 Å². The minimum atomic E-state index is -0.469.